The number of aryl methyl sites for hydroxylation is 1. The molecule has 1 saturated carbocycles. The van der Waals surface area contributed by atoms with Crippen molar-refractivity contribution in [2.45, 2.75) is 57.4 Å². The van der Waals surface area contributed by atoms with E-state index in [0.717, 1.165) is 37.0 Å². The van der Waals surface area contributed by atoms with Gasteiger partial charge in [0.2, 0.25) is 0 Å². The highest BCUT2D eigenvalue weighted by molar-refractivity contribution is 6.11. The van der Waals surface area contributed by atoms with Crippen molar-refractivity contribution >= 4 is 17.7 Å². The standard InChI is InChI=1S/C19H24N2O3/c1-2-6-14-7-9-15(10-8-14)16(22)13-21-17(23)19(20-18(21)24)11-4-3-5-12-19/h7-10H,2-6,11-13H2,1H3,(H,20,24). The van der Waals surface area contributed by atoms with E-state index in [9.17, 15) is 14.4 Å². The van der Waals surface area contributed by atoms with Gasteiger partial charge < -0.3 is 5.32 Å². The first-order valence-electron chi connectivity index (χ1n) is 8.82. The molecule has 1 aliphatic heterocycles. The molecule has 3 amide bonds. The summed E-state index contributed by atoms with van der Waals surface area (Å²) in [5.41, 5.74) is 0.964. The molecule has 24 heavy (non-hydrogen) atoms. The molecule has 5 nitrogen and oxygen atoms in total. The van der Waals surface area contributed by atoms with Gasteiger partial charge in [0.25, 0.3) is 5.91 Å². The molecule has 2 fully saturated rings. The quantitative estimate of drug-likeness (QED) is 0.667. The summed E-state index contributed by atoms with van der Waals surface area (Å²) in [6, 6.07) is 7.00. The van der Waals surface area contributed by atoms with Crippen molar-refractivity contribution in [3.05, 3.63) is 35.4 Å². The van der Waals surface area contributed by atoms with E-state index < -0.39 is 11.6 Å². The molecule has 0 unspecified atom stereocenters. The zero-order valence-corrected chi connectivity index (χ0v) is 14.1. The van der Waals surface area contributed by atoms with Gasteiger partial charge in [-0.2, -0.15) is 0 Å². The average molecular weight is 328 g/mol. The summed E-state index contributed by atoms with van der Waals surface area (Å²) in [4.78, 5) is 38.4. The van der Waals surface area contributed by atoms with Crippen LogP contribution < -0.4 is 5.32 Å². The van der Waals surface area contributed by atoms with Crippen LogP contribution >= 0.6 is 0 Å². The van der Waals surface area contributed by atoms with Gasteiger partial charge in [-0.25, -0.2) is 4.79 Å². The van der Waals surface area contributed by atoms with Gasteiger partial charge in [0.15, 0.2) is 5.78 Å². The maximum absolute atomic E-state index is 12.7. The number of hydrogen-bond acceptors (Lipinski definition) is 3. The highest BCUT2D eigenvalue weighted by Crippen LogP contribution is 2.33. The summed E-state index contributed by atoms with van der Waals surface area (Å²) in [6.07, 6.45) is 6.34. The molecule has 1 spiro atoms. The van der Waals surface area contributed by atoms with E-state index in [4.69, 9.17) is 0 Å². The molecule has 1 heterocycles. The van der Waals surface area contributed by atoms with Crippen molar-refractivity contribution < 1.29 is 14.4 Å². The fourth-order valence-corrected chi connectivity index (χ4v) is 3.69. The first kappa shape index (κ1) is 16.7. The van der Waals surface area contributed by atoms with Crippen molar-refractivity contribution in [2.75, 3.05) is 6.54 Å². The van der Waals surface area contributed by atoms with Gasteiger partial charge in [0.1, 0.15) is 5.54 Å². The van der Waals surface area contributed by atoms with Gasteiger partial charge in [-0.15, -0.1) is 0 Å². The molecule has 2 aliphatic rings. The number of urea groups is 1. The maximum Gasteiger partial charge on any atom is 0.325 e. The zero-order valence-electron chi connectivity index (χ0n) is 14.1. The zero-order chi connectivity index (χ0) is 17.2. The van der Waals surface area contributed by atoms with E-state index in [-0.39, 0.29) is 18.2 Å². The summed E-state index contributed by atoms with van der Waals surface area (Å²) in [7, 11) is 0. The predicted molar refractivity (Wildman–Crippen MR) is 90.8 cm³/mol. The largest absolute Gasteiger partial charge is 0.325 e. The van der Waals surface area contributed by atoms with E-state index in [1.165, 1.54) is 5.56 Å². The van der Waals surface area contributed by atoms with Crippen LogP contribution in [0.1, 0.15) is 61.4 Å². The van der Waals surface area contributed by atoms with Crippen LogP contribution in [-0.4, -0.2) is 34.7 Å². The Hall–Kier alpha value is -2.17. The number of nitrogens with one attached hydrogen (secondary N) is 1. The van der Waals surface area contributed by atoms with Crippen LogP contribution in [0, 0.1) is 0 Å². The van der Waals surface area contributed by atoms with Crippen LogP contribution in [0.4, 0.5) is 4.79 Å². The minimum Gasteiger partial charge on any atom is -0.323 e. The lowest BCUT2D eigenvalue weighted by Gasteiger charge is -2.30. The maximum atomic E-state index is 12.7. The molecule has 3 rings (SSSR count). The number of ketones is 1. The van der Waals surface area contributed by atoms with E-state index >= 15 is 0 Å². The number of imide groups is 1. The average Bonchev–Trinajstić information content (AvgIpc) is 2.80. The predicted octanol–water partition coefficient (Wildman–Crippen LogP) is 3.08. The van der Waals surface area contributed by atoms with Crippen molar-refractivity contribution in [3.8, 4) is 0 Å². The third-order valence-corrected chi connectivity index (χ3v) is 5.07. The molecular weight excluding hydrogens is 304 g/mol. The van der Waals surface area contributed by atoms with E-state index in [2.05, 4.69) is 12.2 Å². The number of hydrogen-bond donors (Lipinski definition) is 1. The summed E-state index contributed by atoms with van der Waals surface area (Å²) < 4.78 is 0. The lowest BCUT2D eigenvalue weighted by Crippen LogP contribution is -2.48. The summed E-state index contributed by atoms with van der Waals surface area (Å²) in [5.74, 6) is -0.433. The molecule has 1 aromatic rings. The molecule has 1 aromatic carbocycles. The van der Waals surface area contributed by atoms with Gasteiger partial charge >= 0.3 is 6.03 Å². The molecule has 5 heteroatoms. The molecule has 0 radical (unpaired) electrons. The second-order valence-corrected chi connectivity index (χ2v) is 6.83. The Morgan fingerprint density at radius 2 is 1.79 bits per heavy atom. The van der Waals surface area contributed by atoms with Crippen molar-refractivity contribution in [1.82, 2.24) is 10.2 Å². The summed E-state index contributed by atoms with van der Waals surface area (Å²) in [6.45, 7) is 1.93. The molecular formula is C19H24N2O3. The second kappa shape index (κ2) is 6.75. The first-order valence-corrected chi connectivity index (χ1v) is 8.82. The van der Waals surface area contributed by atoms with Gasteiger partial charge in [0, 0.05) is 5.56 Å². The van der Waals surface area contributed by atoms with Crippen LogP contribution in [0.2, 0.25) is 0 Å². The third kappa shape index (κ3) is 3.07. The number of nitrogens with zero attached hydrogens (tertiary/aromatic N) is 1. The van der Waals surface area contributed by atoms with Crippen LogP contribution in [-0.2, 0) is 11.2 Å². The Bertz CT molecular complexity index is 645. The first-order chi connectivity index (χ1) is 11.6. The van der Waals surface area contributed by atoms with Gasteiger partial charge in [0.05, 0.1) is 6.54 Å². The van der Waals surface area contributed by atoms with Crippen molar-refractivity contribution in [3.63, 3.8) is 0 Å². The van der Waals surface area contributed by atoms with Crippen molar-refractivity contribution in [1.29, 1.82) is 0 Å². The van der Waals surface area contributed by atoms with E-state index in [1.54, 1.807) is 12.1 Å². The molecule has 128 valence electrons. The van der Waals surface area contributed by atoms with Crippen LogP contribution in [0.25, 0.3) is 0 Å². The van der Waals surface area contributed by atoms with Gasteiger partial charge in [-0.3, -0.25) is 14.5 Å². The highest BCUT2D eigenvalue weighted by atomic mass is 16.2. The second-order valence-electron chi connectivity index (χ2n) is 6.83. The van der Waals surface area contributed by atoms with Gasteiger partial charge in [-0.1, -0.05) is 56.9 Å². The topological polar surface area (TPSA) is 66.5 Å². The number of carbonyl (C=O) groups excluding carboxylic acids is 3. The van der Waals surface area contributed by atoms with Gasteiger partial charge in [-0.05, 0) is 24.8 Å². The molecule has 1 aliphatic carbocycles. The Balaban J connectivity index is 1.69. The van der Waals surface area contributed by atoms with E-state index in [1.807, 2.05) is 12.1 Å². The Labute approximate surface area is 142 Å². The number of Topliss-reactive ketones (excluding diaryl/α,β-unsaturated/α-hetero) is 1. The molecule has 0 atom stereocenters. The summed E-state index contributed by atoms with van der Waals surface area (Å²) in [5, 5.41) is 2.84. The molecule has 0 aromatic heterocycles. The SMILES string of the molecule is CCCc1ccc(C(=O)CN2C(=O)NC3(CCCCC3)C2=O)cc1. The Morgan fingerprint density at radius 3 is 2.42 bits per heavy atom. The Morgan fingerprint density at radius 1 is 1.12 bits per heavy atom. The van der Waals surface area contributed by atoms with Crippen LogP contribution in [0.3, 0.4) is 0 Å². The Kier molecular flexibility index (Phi) is 4.69. The molecule has 1 saturated heterocycles. The fraction of sp³-hybridized carbons (Fsp3) is 0.526. The number of carbonyl (C=O) groups is 3. The lowest BCUT2D eigenvalue weighted by atomic mass is 9.82. The normalized spacial score (nSPS) is 19.6. The minimum absolute atomic E-state index is 0.181. The fourth-order valence-electron chi connectivity index (χ4n) is 3.69. The molecule has 0 bridgehead atoms. The number of rotatable bonds is 5. The smallest absolute Gasteiger partial charge is 0.323 e. The molecule has 1 N–H and O–H groups in total. The minimum atomic E-state index is -0.763. The third-order valence-electron chi connectivity index (χ3n) is 5.07. The van der Waals surface area contributed by atoms with Crippen LogP contribution in [0.5, 0.6) is 0 Å². The van der Waals surface area contributed by atoms with E-state index in [0.29, 0.717) is 18.4 Å². The summed E-state index contributed by atoms with van der Waals surface area (Å²) >= 11 is 0. The number of amides is 3. The highest BCUT2D eigenvalue weighted by Gasteiger charge is 2.51. The van der Waals surface area contributed by atoms with Crippen LogP contribution in [0.15, 0.2) is 24.3 Å². The monoisotopic (exact) mass is 328 g/mol. The van der Waals surface area contributed by atoms with Crippen molar-refractivity contribution in [2.24, 2.45) is 0 Å². The lowest BCUT2D eigenvalue weighted by molar-refractivity contribution is -0.132. The number of benzene rings is 1.